The number of ether oxygens (including phenoxy) is 1. The lowest BCUT2D eigenvalue weighted by Gasteiger charge is -2.34. The van der Waals surface area contributed by atoms with Crippen molar-refractivity contribution < 1.29 is 14.3 Å². The molecule has 0 fully saturated rings. The Bertz CT molecular complexity index is 1020. The van der Waals surface area contributed by atoms with Gasteiger partial charge in [-0.2, -0.15) is 0 Å². The van der Waals surface area contributed by atoms with E-state index in [1.54, 1.807) is 0 Å². The first kappa shape index (κ1) is 19.2. The molecular formula is C21H20N4O3S. The van der Waals surface area contributed by atoms with Gasteiger partial charge in [-0.15, -0.1) is 10.2 Å². The van der Waals surface area contributed by atoms with E-state index in [4.69, 9.17) is 4.74 Å². The number of methoxy groups -OCH3 is 1. The SMILES string of the molecule is COC(=O)C1Cc2ccccc2CN1Cc1nnc(C(=O)Nc2ccccc2)s1. The third-order valence-electron chi connectivity index (χ3n) is 4.85. The molecule has 4 rings (SSSR count). The lowest BCUT2D eigenvalue weighted by molar-refractivity contribution is -0.148. The summed E-state index contributed by atoms with van der Waals surface area (Å²) >= 11 is 1.23. The summed E-state index contributed by atoms with van der Waals surface area (Å²) in [5, 5.41) is 12.0. The number of amides is 1. The quantitative estimate of drug-likeness (QED) is 0.654. The zero-order valence-corrected chi connectivity index (χ0v) is 16.7. The van der Waals surface area contributed by atoms with Gasteiger partial charge in [-0.3, -0.25) is 14.5 Å². The Morgan fingerprint density at radius 1 is 1.10 bits per heavy atom. The van der Waals surface area contributed by atoms with Crippen molar-refractivity contribution in [3.63, 3.8) is 0 Å². The molecule has 8 heteroatoms. The van der Waals surface area contributed by atoms with Crippen LogP contribution in [-0.2, 0) is 29.0 Å². The second-order valence-electron chi connectivity index (χ2n) is 6.74. The summed E-state index contributed by atoms with van der Waals surface area (Å²) in [6.07, 6.45) is 0.586. The van der Waals surface area contributed by atoms with Crippen LogP contribution in [0.5, 0.6) is 0 Å². The van der Waals surface area contributed by atoms with Gasteiger partial charge in [0.25, 0.3) is 5.91 Å². The number of fused-ring (bicyclic) bond motifs is 1. The summed E-state index contributed by atoms with van der Waals surface area (Å²) < 4.78 is 5.01. The van der Waals surface area contributed by atoms with Crippen LogP contribution in [0.1, 0.15) is 25.9 Å². The molecule has 3 aromatic rings. The maximum Gasteiger partial charge on any atom is 0.323 e. The van der Waals surface area contributed by atoms with Crippen LogP contribution >= 0.6 is 11.3 Å². The fraction of sp³-hybridized carbons (Fsp3) is 0.238. The lowest BCUT2D eigenvalue weighted by atomic mass is 9.94. The molecule has 1 aliphatic heterocycles. The maximum atomic E-state index is 12.4. The van der Waals surface area contributed by atoms with Gasteiger partial charge in [-0.1, -0.05) is 53.8 Å². The minimum Gasteiger partial charge on any atom is -0.468 e. The molecule has 7 nitrogen and oxygen atoms in total. The first-order chi connectivity index (χ1) is 14.1. The Balaban J connectivity index is 1.49. The van der Waals surface area contributed by atoms with E-state index in [1.807, 2.05) is 53.4 Å². The van der Waals surface area contributed by atoms with Crippen molar-refractivity contribution in [3.05, 3.63) is 75.7 Å². The first-order valence-corrected chi connectivity index (χ1v) is 10.0. The van der Waals surface area contributed by atoms with Gasteiger partial charge < -0.3 is 10.1 Å². The van der Waals surface area contributed by atoms with Crippen LogP contribution in [0.3, 0.4) is 0 Å². The molecule has 2 aromatic carbocycles. The molecule has 1 aromatic heterocycles. The highest BCUT2D eigenvalue weighted by Gasteiger charge is 2.33. The minimum absolute atomic E-state index is 0.272. The lowest BCUT2D eigenvalue weighted by Crippen LogP contribution is -2.45. The number of esters is 1. The molecule has 148 valence electrons. The van der Waals surface area contributed by atoms with E-state index in [-0.39, 0.29) is 22.9 Å². The third kappa shape index (κ3) is 4.33. The summed E-state index contributed by atoms with van der Waals surface area (Å²) in [6, 6.07) is 16.9. The molecule has 0 saturated heterocycles. The van der Waals surface area contributed by atoms with Crippen LogP contribution in [0.25, 0.3) is 0 Å². The first-order valence-electron chi connectivity index (χ1n) is 9.21. The van der Waals surface area contributed by atoms with Crippen LogP contribution in [-0.4, -0.2) is 40.1 Å². The molecule has 2 heterocycles. The van der Waals surface area contributed by atoms with E-state index >= 15 is 0 Å². The summed E-state index contributed by atoms with van der Waals surface area (Å²) in [5.41, 5.74) is 3.03. The number of benzene rings is 2. The van der Waals surface area contributed by atoms with E-state index in [0.29, 0.717) is 30.2 Å². The van der Waals surface area contributed by atoms with Gasteiger partial charge in [0.1, 0.15) is 11.0 Å². The van der Waals surface area contributed by atoms with Crippen molar-refractivity contribution in [3.8, 4) is 0 Å². The Hall–Kier alpha value is -3.10. The number of rotatable bonds is 5. The molecule has 1 N–H and O–H groups in total. The predicted octanol–water partition coefficient (Wildman–Crippen LogP) is 2.89. The number of hydrogen-bond acceptors (Lipinski definition) is 7. The van der Waals surface area contributed by atoms with Crippen molar-refractivity contribution in [1.82, 2.24) is 15.1 Å². The van der Waals surface area contributed by atoms with Crippen LogP contribution in [0.15, 0.2) is 54.6 Å². The Morgan fingerprint density at radius 2 is 1.83 bits per heavy atom. The second kappa shape index (κ2) is 8.50. The van der Waals surface area contributed by atoms with Crippen LogP contribution in [0.4, 0.5) is 5.69 Å². The van der Waals surface area contributed by atoms with E-state index in [2.05, 4.69) is 21.6 Å². The smallest absolute Gasteiger partial charge is 0.323 e. The molecule has 0 bridgehead atoms. The number of nitrogens with zero attached hydrogens (tertiary/aromatic N) is 3. The Labute approximate surface area is 172 Å². The minimum atomic E-state index is -0.389. The van der Waals surface area contributed by atoms with Crippen LogP contribution in [0.2, 0.25) is 0 Å². The highest BCUT2D eigenvalue weighted by Crippen LogP contribution is 2.26. The number of aromatic nitrogens is 2. The van der Waals surface area contributed by atoms with Gasteiger partial charge in [0.05, 0.1) is 13.7 Å². The third-order valence-corrected chi connectivity index (χ3v) is 5.76. The average molecular weight is 408 g/mol. The molecule has 0 spiro atoms. The summed E-state index contributed by atoms with van der Waals surface area (Å²) in [5.74, 6) is -0.570. The summed E-state index contributed by atoms with van der Waals surface area (Å²) in [7, 11) is 1.40. The number of carbonyl (C=O) groups is 2. The zero-order chi connectivity index (χ0) is 20.2. The van der Waals surface area contributed by atoms with Crippen molar-refractivity contribution in [2.45, 2.75) is 25.6 Å². The molecule has 29 heavy (non-hydrogen) atoms. The Morgan fingerprint density at radius 3 is 2.59 bits per heavy atom. The zero-order valence-electron chi connectivity index (χ0n) is 15.9. The molecule has 1 aliphatic rings. The van der Waals surface area contributed by atoms with E-state index in [0.717, 1.165) is 5.56 Å². The molecule has 0 aliphatic carbocycles. The average Bonchev–Trinajstić information content (AvgIpc) is 3.22. The molecule has 1 atom stereocenters. The summed E-state index contributed by atoms with van der Waals surface area (Å²) in [6.45, 7) is 1.03. The maximum absolute atomic E-state index is 12.4. The largest absolute Gasteiger partial charge is 0.468 e. The number of nitrogens with one attached hydrogen (secondary N) is 1. The Kier molecular flexibility index (Phi) is 5.64. The molecule has 1 unspecified atom stereocenters. The van der Waals surface area contributed by atoms with Crippen molar-refractivity contribution >= 4 is 28.9 Å². The highest BCUT2D eigenvalue weighted by molar-refractivity contribution is 7.13. The fourth-order valence-corrected chi connectivity index (χ4v) is 4.16. The molecule has 0 radical (unpaired) electrons. The van der Waals surface area contributed by atoms with Gasteiger partial charge in [0.15, 0.2) is 0 Å². The topological polar surface area (TPSA) is 84.4 Å². The monoisotopic (exact) mass is 408 g/mol. The normalized spacial score (nSPS) is 16.1. The molecular weight excluding hydrogens is 388 g/mol. The van der Waals surface area contributed by atoms with Gasteiger partial charge >= 0.3 is 5.97 Å². The fourth-order valence-electron chi connectivity index (χ4n) is 3.40. The van der Waals surface area contributed by atoms with Crippen molar-refractivity contribution in [2.24, 2.45) is 0 Å². The predicted molar refractivity (Wildman–Crippen MR) is 110 cm³/mol. The highest BCUT2D eigenvalue weighted by atomic mass is 32.1. The number of carbonyl (C=O) groups excluding carboxylic acids is 2. The standard InChI is InChI=1S/C21H20N4O3S/c1-28-21(27)17-11-14-7-5-6-8-15(14)12-25(17)13-18-23-24-20(29-18)19(26)22-16-9-3-2-4-10-16/h2-10,17H,11-13H2,1H3,(H,22,26). The van der Waals surface area contributed by atoms with E-state index in [1.165, 1.54) is 24.0 Å². The van der Waals surface area contributed by atoms with Crippen molar-refractivity contribution in [1.29, 1.82) is 0 Å². The summed E-state index contributed by atoms with van der Waals surface area (Å²) in [4.78, 5) is 26.8. The van der Waals surface area contributed by atoms with Crippen LogP contribution < -0.4 is 5.32 Å². The van der Waals surface area contributed by atoms with Crippen LogP contribution in [0, 0.1) is 0 Å². The number of para-hydroxylation sites is 1. The van der Waals surface area contributed by atoms with Gasteiger partial charge in [-0.25, -0.2) is 0 Å². The van der Waals surface area contributed by atoms with Gasteiger partial charge in [0, 0.05) is 12.2 Å². The van der Waals surface area contributed by atoms with E-state index < -0.39 is 0 Å². The molecule has 1 amide bonds. The number of hydrogen-bond donors (Lipinski definition) is 1. The van der Waals surface area contributed by atoms with Gasteiger partial charge in [-0.05, 0) is 29.7 Å². The van der Waals surface area contributed by atoms with E-state index in [9.17, 15) is 9.59 Å². The molecule has 0 saturated carbocycles. The van der Waals surface area contributed by atoms with Crippen molar-refractivity contribution in [2.75, 3.05) is 12.4 Å². The second-order valence-corrected chi connectivity index (χ2v) is 7.80. The number of anilines is 1. The van der Waals surface area contributed by atoms with Gasteiger partial charge in [0.2, 0.25) is 5.01 Å².